The van der Waals surface area contributed by atoms with Gasteiger partial charge >= 0.3 is 5.97 Å². The Morgan fingerprint density at radius 3 is 2.48 bits per heavy atom. The summed E-state index contributed by atoms with van der Waals surface area (Å²) in [5.41, 5.74) is 8.30. The third-order valence-corrected chi connectivity index (χ3v) is 5.31. The summed E-state index contributed by atoms with van der Waals surface area (Å²) in [5, 5.41) is 10.2. The molecule has 2 N–H and O–H groups in total. The fourth-order valence-electron chi connectivity index (χ4n) is 3.51. The van der Waals surface area contributed by atoms with E-state index < -0.39 is 11.9 Å². The van der Waals surface area contributed by atoms with Crippen molar-refractivity contribution in [2.24, 2.45) is 5.73 Å². The lowest BCUT2D eigenvalue weighted by molar-refractivity contribution is 0.0734. The van der Waals surface area contributed by atoms with E-state index in [1.54, 1.807) is 48.5 Å². The molecule has 1 heterocycles. The van der Waals surface area contributed by atoms with Crippen LogP contribution in [0.2, 0.25) is 5.02 Å². The molecule has 164 valence electrons. The standard InChI is InChI=1S/C26H19ClN2O4/c1-2-13-31-19-9-5-16(6-10-19)24-21-12-11-20(14-23(21)33-25(29)22(24)15-28)32-26(30)17-3-7-18(27)8-4-17/h2-12,14,24H,1,13,29H2. The second kappa shape index (κ2) is 9.51. The summed E-state index contributed by atoms with van der Waals surface area (Å²) in [6.07, 6.45) is 1.66. The van der Waals surface area contributed by atoms with Crippen molar-refractivity contribution in [2.75, 3.05) is 6.61 Å². The molecule has 3 aromatic carbocycles. The molecular formula is C26H19ClN2O4. The van der Waals surface area contributed by atoms with E-state index in [1.807, 2.05) is 24.3 Å². The molecule has 0 fully saturated rings. The van der Waals surface area contributed by atoms with Gasteiger partial charge in [-0.1, -0.05) is 42.5 Å². The van der Waals surface area contributed by atoms with Crippen molar-refractivity contribution in [3.8, 4) is 23.3 Å². The minimum atomic E-state index is -0.532. The van der Waals surface area contributed by atoms with Crippen LogP contribution in [-0.4, -0.2) is 12.6 Å². The zero-order chi connectivity index (χ0) is 23.4. The minimum absolute atomic E-state index is 0.00293. The summed E-state index contributed by atoms with van der Waals surface area (Å²) in [4.78, 5) is 12.4. The Morgan fingerprint density at radius 1 is 1.12 bits per heavy atom. The smallest absolute Gasteiger partial charge is 0.343 e. The number of fused-ring (bicyclic) bond motifs is 1. The maximum Gasteiger partial charge on any atom is 0.343 e. The van der Waals surface area contributed by atoms with Gasteiger partial charge in [-0.3, -0.25) is 0 Å². The molecule has 6 nitrogen and oxygen atoms in total. The number of nitriles is 1. The molecule has 1 unspecified atom stereocenters. The largest absolute Gasteiger partial charge is 0.490 e. The molecule has 1 aliphatic rings. The van der Waals surface area contributed by atoms with E-state index in [0.717, 1.165) is 11.1 Å². The van der Waals surface area contributed by atoms with Gasteiger partial charge in [-0.05, 0) is 48.0 Å². The topological polar surface area (TPSA) is 94.6 Å². The van der Waals surface area contributed by atoms with Gasteiger partial charge in [0.15, 0.2) is 0 Å². The molecule has 0 aliphatic carbocycles. The van der Waals surface area contributed by atoms with Gasteiger partial charge in [0.1, 0.15) is 35.5 Å². The van der Waals surface area contributed by atoms with Gasteiger partial charge < -0.3 is 19.9 Å². The molecule has 1 atom stereocenters. The number of ether oxygens (including phenoxy) is 3. The molecule has 33 heavy (non-hydrogen) atoms. The van der Waals surface area contributed by atoms with Gasteiger partial charge in [0, 0.05) is 16.7 Å². The Kier molecular flexibility index (Phi) is 6.34. The Balaban J connectivity index is 1.64. The van der Waals surface area contributed by atoms with Crippen molar-refractivity contribution in [1.29, 1.82) is 5.26 Å². The van der Waals surface area contributed by atoms with Crippen LogP contribution in [0.3, 0.4) is 0 Å². The lowest BCUT2D eigenvalue weighted by Gasteiger charge is -2.26. The molecular weight excluding hydrogens is 440 g/mol. The van der Waals surface area contributed by atoms with E-state index in [4.69, 9.17) is 31.5 Å². The highest BCUT2D eigenvalue weighted by Gasteiger charge is 2.31. The number of hydrogen-bond acceptors (Lipinski definition) is 6. The second-order valence-corrected chi connectivity index (χ2v) is 7.63. The highest BCUT2D eigenvalue weighted by Crippen LogP contribution is 2.43. The Hall–Kier alpha value is -4.21. The average Bonchev–Trinajstić information content (AvgIpc) is 2.82. The third-order valence-electron chi connectivity index (χ3n) is 5.06. The number of carbonyl (C=O) groups is 1. The maximum absolute atomic E-state index is 12.4. The van der Waals surface area contributed by atoms with Gasteiger partial charge in [0.2, 0.25) is 5.88 Å². The molecule has 7 heteroatoms. The molecule has 3 aromatic rings. The number of rotatable bonds is 6. The summed E-state index contributed by atoms with van der Waals surface area (Å²) >= 11 is 5.87. The predicted molar refractivity (Wildman–Crippen MR) is 124 cm³/mol. The third kappa shape index (κ3) is 4.69. The fourth-order valence-corrected chi connectivity index (χ4v) is 3.63. The Morgan fingerprint density at radius 2 is 1.82 bits per heavy atom. The Labute approximate surface area is 196 Å². The number of nitrogens with two attached hydrogens (primary N) is 1. The molecule has 0 radical (unpaired) electrons. The van der Waals surface area contributed by atoms with E-state index in [2.05, 4.69) is 12.6 Å². The van der Waals surface area contributed by atoms with E-state index >= 15 is 0 Å². The second-order valence-electron chi connectivity index (χ2n) is 7.19. The first kappa shape index (κ1) is 22.0. The fraction of sp³-hybridized carbons (Fsp3) is 0.0769. The monoisotopic (exact) mass is 458 g/mol. The van der Waals surface area contributed by atoms with Crippen molar-refractivity contribution in [1.82, 2.24) is 0 Å². The number of carbonyl (C=O) groups excluding carboxylic acids is 1. The van der Waals surface area contributed by atoms with Crippen LogP contribution in [-0.2, 0) is 0 Å². The van der Waals surface area contributed by atoms with Crippen LogP contribution in [0.4, 0.5) is 0 Å². The van der Waals surface area contributed by atoms with Gasteiger partial charge in [-0.25, -0.2) is 4.79 Å². The number of esters is 1. The molecule has 0 aromatic heterocycles. The van der Waals surface area contributed by atoms with Gasteiger partial charge in [-0.15, -0.1) is 0 Å². The highest BCUT2D eigenvalue weighted by atomic mass is 35.5. The molecule has 0 amide bonds. The zero-order valence-corrected chi connectivity index (χ0v) is 18.2. The van der Waals surface area contributed by atoms with Crippen molar-refractivity contribution in [2.45, 2.75) is 5.92 Å². The normalized spacial score (nSPS) is 14.5. The molecule has 0 bridgehead atoms. The van der Waals surface area contributed by atoms with Gasteiger partial charge in [-0.2, -0.15) is 5.26 Å². The van der Waals surface area contributed by atoms with Gasteiger partial charge in [0.05, 0.1) is 11.5 Å². The minimum Gasteiger partial charge on any atom is -0.490 e. The van der Waals surface area contributed by atoms with Crippen LogP contribution < -0.4 is 19.9 Å². The summed E-state index contributed by atoms with van der Waals surface area (Å²) in [5.74, 6) is 0.413. The van der Waals surface area contributed by atoms with Crippen LogP contribution in [0.1, 0.15) is 27.4 Å². The lowest BCUT2D eigenvalue weighted by Crippen LogP contribution is -2.21. The summed E-state index contributed by atoms with van der Waals surface area (Å²) in [6.45, 7) is 4.03. The van der Waals surface area contributed by atoms with Gasteiger partial charge in [0.25, 0.3) is 0 Å². The lowest BCUT2D eigenvalue weighted by atomic mass is 9.83. The van der Waals surface area contributed by atoms with Crippen LogP contribution in [0.15, 0.2) is 90.8 Å². The molecule has 0 saturated heterocycles. The first-order chi connectivity index (χ1) is 16.0. The number of benzene rings is 3. The van der Waals surface area contributed by atoms with E-state index in [1.165, 1.54) is 0 Å². The van der Waals surface area contributed by atoms with E-state index in [9.17, 15) is 10.1 Å². The highest BCUT2D eigenvalue weighted by molar-refractivity contribution is 6.30. The van der Waals surface area contributed by atoms with Crippen molar-refractivity contribution in [3.63, 3.8) is 0 Å². The quantitative estimate of drug-likeness (QED) is 0.304. The van der Waals surface area contributed by atoms with E-state index in [0.29, 0.717) is 34.3 Å². The number of allylic oxidation sites excluding steroid dienone is 1. The first-order valence-corrected chi connectivity index (χ1v) is 10.4. The average molecular weight is 459 g/mol. The van der Waals surface area contributed by atoms with Crippen molar-refractivity contribution in [3.05, 3.63) is 113 Å². The van der Waals surface area contributed by atoms with Crippen LogP contribution in [0.5, 0.6) is 17.2 Å². The molecule has 0 spiro atoms. The summed E-state index contributed by atoms with van der Waals surface area (Å²) in [7, 11) is 0. The zero-order valence-electron chi connectivity index (χ0n) is 17.5. The number of halogens is 1. The first-order valence-electron chi connectivity index (χ1n) is 10.0. The SMILES string of the molecule is C=CCOc1ccc(C2C(C#N)=C(N)Oc3cc(OC(=O)c4ccc(Cl)cc4)ccc32)cc1. The van der Waals surface area contributed by atoms with Crippen molar-refractivity contribution < 1.29 is 19.0 Å². The van der Waals surface area contributed by atoms with Crippen LogP contribution in [0, 0.1) is 11.3 Å². The maximum atomic E-state index is 12.4. The molecule has 0 saturated carbocycles. The van der Waals surface area contributed by atoms with Crippen LogP contribution in [0.25, 0.3) is 0 Å². The number of hydrogen-bond donors (Lipinski definition) is 1. The van der Waals surface area contributed by atoms with Crippen molar-refractivity contribution >= 4 is 17.6 Å². The summed E-state index contributed by atoms with van der Waals surface area (Å²) in [6, 6.07) is 20.9. The Bertz CT molecular complexity index is 1280. The molecule has 4 rings (SSSR count). The van der Waals surface area contributed by atoms with E-state index in [-0.39, 0.29) is 11.6 Å². The predicted octanol–water partition coefficient (Wildman–Crippen LogP) is 5.34. The van der Waals surface area contributed by atoms with Crippen LogP contribution >= 0.6 is 11.6 Å². The number of nitrogens with zero attached hydrogens (tertiary/aromatic N) is 1. The molecule has 1 aliphatic heterocycles. The summed E-state index contributed by atoms with van der Waals surface area (Å²) < 4.78 is 16.7.